The molecule has 2 rings (SSSR count). The molecule has 1 N–H and O–H groups in total. The Labute approximate surface area is 134 Å². The Hall–Kier alpha value is -2.89. The Morgan fingerprint density at radius 3 is 2.43 bits per heavy atom. The predicted molar refractivity (Wildman–Crippen MR) is 88.4 cm³/mol. The van der Waals surface area contributed by atoms with Crippen LogP contribution in [0.5, 0.6) is 5.75 Å². The average molecular weight is 315 g/mol. The van der Waals surface area contributed by atoms with Crippen LogP contribution in [0.2, 0.25) is 0 Å². The summed E-state index contributed by atoms with van der Waals surface area (Å²) in [5, 5.41) is 3.86. The molecule has 23 heavy (non-hydrogen) atoms. The van der Waals surface area contributed by atoms with Crippen molar-refractivity contribution in [3.8, 4) is 5.75 Å². The van der Waals surface area contributed by atoms with Crippen molar-refractivity contribution in [2.24, 2.45) is 5.10 Å². The van der Waals surface area contributed by atoms with E-state index in [9.17, 15) is 9.18 Å². The number of nitrogens with one attached hydrogen (secondary N) is 1. The molecule has 0 aliphatic carbocycles. The maximum atomic E-state index is 12.7. The van der Waals surface area contributed by atoms with Gasteiger partial charge in [-0.25, -0.2) is 9.82 Å². The van der Waals surface area contributed by atoms with Crippen LogP contribution in [-0.2, 0) is 4.79 Å². The number of hydrogen-bond donors (Lipinski definition) is 1. The Kier molecular flexibility index (Phi) is 5.68. The van der Waals surface area contributed by atoms with Crippen LogP contribution in [0.15, 0.2) is 53.6 Å². The third-order valence-corrected chi connectivity index (χ3v) is 3.00. The van der Waals surface area contributed by atoms with Crippen LogP contribution in [0.3, 0.4) is 0 Å². The zero-order valence-corrected chi connectivity index (χ0v) is 13.0. The fraction of sp³-hybridized carbons (Fsp3) is 0.176. The van der Waals surface area contributed by atoms with Crippen molar-refractivity contribution in [1.29, 1.82) is 0 Å². The molecular formula is C17H18FN3O2. The van der Waals surface area contributed by atoms with E-state index in [1.165, 1.54) is 24.3 Å². The predicted octanol–water partition coefficient (Wildman–Crippen LogP) is 2.42. The fourth-order valence-corrected chi connectivity index (χ4v) is 1.75. The first-order chi connectivity index (χ1) is 11.0. The van der Waals surface area contributed by atoms with Crippen molar-refractivity contribution in [3.05, 3.63) is 59.9 Å². The summed E-state index contributed by atoms with van der Waals surface area (Å²) in [5.41, 5.74) is 4.32. The van der Waals surface area contributed by atoms with Crippen molar-refractivity contribution in [1.82, 2.24) is 5.43 Å². The molecular weight excluding hydrogens is 297 g/mol. The smallest absolute Gasteiger partial charge is 0.277 e. The van der Waals surface area contributed by atoms with Crippen molar-refractivity contribution in [2.45, 2.75) is 0 Å². The topological polar surface area (TPSA) is 53.9 Å². The first-order valence-electron chi connectivity index (χ1n) is 7.02. The van der Waals surface area contributed by atoms with Gasteiger partial charge in [0.1, 0.15) is 11.6 Å². The van der Waals surface area contributed by atoms with Gasteiger partial charge in [0.2, 0.25) is 0 Å². The SMILES string of the molecule is CN(C)c1ccc(/C=N/NC(=O)COc2ccc(F)cc2)cc1. The molecule has 0 heterocycles. The zero-order chi connectivity index (χ0) is 16.7. The van der Waals surface area contributed by atoms with Gasteiger partial charge < -0.3 is 9.64 Å². The Morgan fingerprint density at radius 2 is 1.83 bits per heavy atom. The lowest BCUT2D eigenvalue weighted by Crippen LogP contribution is -2.24. The number of halogens is 1. The van der Waals surface area contributed by atoms with Gasteiger partial charge >= 0.3 is 0 Å². The number of benzene rings is 2. The summed E-state index contributed by atoms with van der Waals surface area (Å²) in [7, 11) is 3.93. The molecule has 0 aliphatic heterocycles. The van der Waals surface area contributed by atoms with E-state index < -0.39 is 5.91 Å². The molecule has 2 aromatic rings. The van der Waals surface area contributed by atoms with Crippen LogP contribution < -0.4 is 15.1 Å². The van der Waals surface area contributed by atoms with Gasteiger partial charge in [0.05, 0.1) is 6.21 Å². The largest absolute Gasteiger partial charge is 0.484 e. The fourth-order valence-electron chi connectivity index (χ4n) is 1.75. The van der Waals surface area contributed by atoms with Gasteiger partial charge in [0, 0.05) is 19.8 Å². The third-order valence-electron chi connectivity index (χ3n) is 3.00. The number of carbonyl (C=O) groups excluding carboxylic acids is 1. The molecule has 6 heteroatoms. The summed E-state index contributed by atoms with van der Waals surface area (Å²) in [6.45, 7) is -0.192. The molecule has 0 aliphatic rings. The molecule has 0 radical (unpaired) electrons. The minimum Gasteiger partial charge on any atom is -0.484 e. The van der Waals surface area contributed by atoms with Crippen LogP contribution in [0.4, 0.5) is 10.1 Å². The molecule has 5 nitrogen and oxygen atoms in total. The number of hydrogen-bond acceptors (Lipinski definition) is 4. The molecule has 120 valence electrons. The molecule has 0 saturated carbocycles. The lowest BCUT2D eigenvalue weighted by molar-refractivity contribution is -0.123. The van der Waals surface area contributed by atoms with E-state index in [0.29, 0.717) is 5.75 Å². The van der Waals surface area contributed by atoms with Crippen LogP contribution in [0, 0.1) is 5.82 Å². The van der Waals surface area contributed by atoms with E-state index >= 15 is 0 Å². The number of nitrogens with zero attached hydrogens (tertiary/aromatic N) is 2. The summed E-state index contributed by atoms with van der Waals surface area (Å²) < 4.78 is 17.9. The van der Waals surface area contributed by atoms with E-state index in [-0.39, 0.29) is 12.4 Å². The molecule has 0 atom stereocenters. The number of amides is 1. The van der Waals surface area contributed by atoms with E-state index in [1.54, 1.807) is 6.21 Å². The Morgan fingerprint density at radius 1 is 1.17 bits per heavy atom. The van der Waals surface area contributed by atoms with Gasteiger partial charge in [0.15, 0.2) is 6.61 Å². The first kappa shape index (κ1) is 16.5. The summed E-state index contributed by atoms with van der Waals surface area (Å²) in [6.07, 6.45) is 1.55. The van der Waals surface area contributed by atoms with E-state index in [2.05, 4.69) is 10.5 Å². The monoisotopic (exact) mass is 315 g/mol. The molecule has 0 fully saturated rings. The molecule has 2 aromatic carbocycles. The van der Waals surface area contributed by atoms with Crippen molar-refractivity contribution in [3.63, 3.8) is 0 Å². The van der Waals surface area contributed by atoms with Gasteiger partial charge in [-0.2, -0.15) is 5.10 Å². The second kappa shape index (κ2) is 7.93. The normalized spacial score (nSPS) is 10.6. The van der Waals surface area contributed by atoms with Crippen molar-refractivity contribution in [2.75, 3.05) is 25.6 Å². The summed E-state index contributed by atoms with van der Waals surface area (Å²) in [5.74, 6) is -0.327. The Balaban J connectivity index is 1.78. The summed E-state index contributed by atoms with van der Waals surface area (Å²) >= 11 is 0. The quantitative estimate of drug-likeness (QED) is 0.658. The number of anilines is 1. The minimum atomic E-state index is -0.393. The number of rotatable bonds is 6. The molecule has 1 amide bonds. The van der Waals surface area contributed by atoms with Gasteiger partial charge in [0.25, 0.3) is 5.91 Å². The van der Waals surface area contributed by atoms with E-state index in [4.69, 9.17) is 4.74 Å². The number of hydrazone groups is 1. The highest BCUT2D eigenvalue weighted by molar-refractivity contribution is 5.83. The van der Waals surface area contributed by atoms with Crippen LogP contribution >= 0.6 is 0 Å². The van der Waals surface area contributed by atoms with Crippen LogP contribution in [-0.4, -0.2) is 32.8 Å². The average Bonchev–Trinajstić information content (AvgIpc) is 2.55. The molecule has 0 unspecified atom stereocenters. The standard InChI is InChI=1S/C17H18FN3O2/c1-21(2)15-7-3-13(4-8-15)11-19-20-17(22)12-23-16-9-5-14(18)6-10-16/h3-11H,12H2,1-2H3,(H,20,22)/b19-11+. The zero-order valence-electron chi connectivity index (χ0n) is 13.0. The van der Waals surface area contributed by atoms with Crippen LogP contribution in [0.1, 0.15) is 5.56 Å². The maximum Gasteiger partial charge on any atom is 0.277 e. The van der Waals surface area contributed by atoms with Crippen molar-refractivity contribution >= 4 is 17.8 Å². The lowest BCUT2D eigenvalue weighted by Gasteiger charge is -2.11. The highest BCUT2D eigenvalue weighted by atomic mass is 19.1. The summed E-state index contributed by atoms with van der Waals surface area (Å²) in [6, 6.07) is 13.2. The maximum absolute atomic E-state index is 12.7. The Bertz CT molecular complexity index is 667. The molecule has 0 aromatic heterocycles. The third kappa shape index (κ3) is 5.43. The lowest BCUT2D eigenvalue weighted by atomic mass is 10.2. The van der Waals surface area contributed by atoms with Gasteiger partial charge in [-0.15, -0.1) is 0 Å². The highest BCUT2D eigenvalue weighted by Crippen LogP contribution is 2.11. The van der Waals surface area contributed by atoms with Gasteiger partial charge in [-0.1, -0.05) is 12.1 Å². The van der Waals surface area contributed by atoms with Crippen LogP contribution in [0.25, 0.3) is 0 Å². The molecule has 0 spiro atoms. The minimum absolute atomic E-state index is 0.192. The molecule has 0 bridgehead atoms. The van der Waals surface area contributed by atoms with Gasteiger partial charge in [-0.3, -0.25) is 4.79 Å². The summed E-state index contributed by atoms with van der Waals surface area (Å²) in [4.78, 5) is 13.6. The molecule has 0 saturated heterocycles. The number of ether oxygens (including phenoxy) is 1. The first-order valence-corrected chi connectivity index (χ1v) is 7.02. The van der Waals surface area contributed by atoms with E-state index in [1.807, 2.05) is 43.3 Å². The second-order valence-electron chi connectivity index (χ2n) is 5.02. The number of carbonyl (C=O) groups is 1. The second-order valence-corrected chi connectivity index (χ2v) is 5.02. The highest BCUT2D eigenvalue weighted by Gasteiger charge is 2.01. The van der Waals surface area contributed by atoms with Gasteiger partial charge in [-0.05, 0) is 42.0 Å². The van der Waals surface area contributed by atoms with E-state index in [0.717, 1.165) is 11.3 Å². The van der Waals surface area contributed by atoms with Crippen molar-refractivity contribution < 1.29 is 13.9 Å².